The van der Waals surface area contributed by atoms with Crippen molar-refractivity contribution >= 4 is 29.9 Å². The van der Waals surface area contributed by atoms with Gasteiger partial charge in [-0.15, -0.1) is 24.0 Å². The molecule has 0 bridgehead atoms. The first kappa shape index (κ1) is 22.2. The smallest absolute Gasteiger partial charge is 0.191 e. The number of aliphatic imine (C=N–C) groups is 1. The quantitative estimate of drug-likeness (QED) is 0.297. The number of fused-ring (bicyclic) bond motifs is 1. The monoisotopic (exact) mass is 489 g/mol. The fraction of sp³-hybridized carbons (Fsp3) is 0.650. The second kappa shape index (κ2) is 11.1. The van der Waals surface area contributed by atoms with Gasteiger partial charge >= 0.3 is 0 Å². The zero-order chi connectivity index (χ0) is 18.2. The molecule has 6 nitrogen and oxygen atoms in total. The van der Waals surface area contributed by atoms with Crippen molar-refractivity contribution in [3.05, 3.63) is 29.3 Å². The Labute approximate surface area is 179 Å². The van der Waals surface area contributed by atoms with Gasteiger partial charge in [-0.1, -0.05) is 12.1 Å². The Bertz CT molecular complexity index is 618. The fourth-order valence-corrected chi connectivity index (χ4v) is 3.60. The maximum Gasteiger partial charge on any atom is 0.191 e. The topological polar surface area (TPSA) is 75.1 Å². The molecule has 7 heteroatoms. The van der Waals surface area contributed by atoms with Gasteiger partial charge in [0.1, 0.15) is 5.75 Å². The molecule has 1 aromatic carbocycles. The molecule has 0 amide bonds. The molecule has 3 rings (SSSR count). The Morgan fingerprint density at radius 2 is 2.19 bits per heavy atom. The van der Waals surface area contributed by atoms with Crippen molar-refractivity contribution in [2.75, 3.05) is 46.1 Å². The summed E-state index contributed by atoms with van der Waals surface area (Å²) in [4.78, 5) is 4.76. The van der Waals surface area contributed by atoms with E-state index in [2.05, 4.69) is 35.8 Å². The number of benzene rings is 1. The lowest BCUT2D eigenvalue weighted by Gasteiger charge is -2.24. The highest BCUT2D eigenvalue weighted by molar-refractivity contribution is 14.0. The highest BCUT2D eigenvalue weighted by Gasteiger charge is 2.34. The number of aliphatic hydroxyl groups is 1. The molecule has 0 aliphatic carbocycles. The number of guanidine groups is 1. The molecule has 1 aromatic rings. The van der Waals surface area contributed by atoms with Crippen molar-refractivity contribution in [3.63, 3.8) is 0 Å². The van der Waals surface area contributed by atoms with E-state index in [-0.39, 0.29) is 36.0 Å². The van der Waals surface area contributed by atoms with Crippen molar-refractivity contribution in [1.29, 1.82) is 0 Å². The molecule has 2 aliphatic rings. The predicted molar refractivity (Wildman–Crippen MR) is 118 cm³/mol. The summed E-state index contributed by atoms with van der Waals surface area (Å²) in [5.41, 5.74) is 2.62. The number of aliphatic hydroxyl groups excluding tert-OH is 1. The van der Waals surface area contributed by atoms with E-state index < -0.39 is 0 Å². The van der Waals surface area contributed by atoms with Crippen molar-refractivity contribution in [1.82, 2.24) is 10.6 Å². The summed E-state index contributed by atoms with van der Waals surface area (Å²) in [6.45, 7) is 6.84. The maximum atomic E-state index is 9.35. The second-order valence-electron chi connectivity index (χ2n) is 7.19. The van der Waals surface area contributed by atoms with E-state index in [0.717, 1.165) is 63.7 Å². The Balaban J connectivity index is 0.00000261. The Kier molecular flexibility index (Phi) is 9.11. The molecular weight excluding hydrogens is 457 g/mol. The van der Waals surface area contributed by atoms with Crippen LogP contribution in [0.15, 0.2) is 23.2 Å². The van der Waals surface area contributed by atoms with E-state index in [1.165, 1.54) is 11.1 Å². The van der Waals surface area contributed by atoms with Crippen molar-refractivity contribution in [2.24, 2.45) is 10.4 Å². The zero-order valence-corrected chi connectivity index (χ0v) is 18.5. The lowest BCUT2D eigenvalue weighted by molar-refractivity contribution is 0.131. The van der Waals surface area contributed by atoms with Crippen LogP contribution in [-0.2, 0) is 17.6 Å². The fourth-order valence-electron chi connectivity index (χ4n) is 3.60. The van der Waals surface area contributed by atoms with Crippen LogP contribution >= 0.6 is 24.0 Å². The zero-order valence-electron chi connectivity index (χ0n) is 16.1. The molecule has 1 saturated heterocycles. The molecule has 2 aliphatic heterocycles. The lowest BCUT2D eigenvalue weighted by atomic mass is 9.84. The van der Waals surface area contributed by atoms with Gasteiger partial charge in [0, 0.05) is 38.1 Å². The van der Waals surface area contributed by atoms with Crippen LogP contribution in [0.1, 0.15) is 30.9 Å². The molecule has 1 fully saturated rings. The van der Waals surface area contributed by atoms with Gasteiger partial charge in [-0.05, 0) is 43.4 Å². The minimum atomic E-state index is -0.0168. The van der Waals surface area contributed by atoms with Gasteiger partial charge in [-0.2, -0.15) is 0 Å². The number of ether oxygens (including phenoxy) is 2. The Hall–Kier alpha value is -1.06. The number of hydrogen-bond acceptors (Lipinski definition) is 4. The summed E-state index contributed by atoms with van der Waals surface area (Å²) in [7, 11) is 0. The molecule has 2 heterocycles. The first-order chi connectivity index (χ1) is 12.7. The summed E-state index contributed by atoms with van der Waals surface area (Å²) in [6.07, 6.45) is 3.67. The van der Waals surface area contributed by atoms with Crippen LogP contribution < -0.4 is 15.4 Å². The summed E-state index contributed by atoms with van der Waals surface area (Å²) in [6, 6.07) is 6.47. The van der Waals surface area contributed by atoms with E-state index in [1.54, 1.807) is 0 Å². The minimum Gasteiger partial charge on any atom is -0.493 e. The summed E-state index contributed by atoms with van der Waals surface area (Å²) >= 11 is 0. The largest absolute Gasteiger partial charge is 0.493 e. The Morgan fingerprint density at radius 1 is 1.30 bits per heavy atom. The van der Waals surface area contributed by atoms with Crippen LogP contribution in [-0.4, -0.2) is 57.1 Å². The second-order valence-corrected chi connectivity index (χ2v) is 7.19. The minimum absolute atomic E-state index is 0. The molecular formula is C20H32IN3O3. The van der Waals surface area contributed by atoms with E-state index >= 15 is 0 Å². The highest BCUT2D eigenvalue weighted by Crippen LogP contribution is 2.32. The van der Waals surface area contributed by atoms with Gasteiger partial charge in [0.05, 0.1) is 19.8 Å². The molecule has 152 valence electrons. The number of nitrogens with one attached hydrogen (secondary N) is 2. The number of halogens is 1. The molecule has 3 N–H and O–H groups in total. The van der Waals surface area contributed by atoms with Crippen molar-refractivity contribution in [2.45, 2.75) is 32.6 Å². The van der Waals surface area contributed by atoms with Crippen molar-refractivity contribution in [3.8, 4) is 5.75 Å². The highest BCUT2D eigenvalue weighted by atomic mass is 127. The maximum absolute atomic E-state index is 9.35. The third-order valence-corrected chi connectivity index (χ3v) is 5.20. The molecule has 0 aromatic heterocycles. The molecule has 0 spiro atoms. The Morgan fingerprint density at radius 3 is 2.93 bits per heavy atom. The average Bonchev–Trinajstić information content (AvgIpc) is 3.29. The molecule has 27 heavy (non-hydrogen) atoms. The third-order valence-electron chi connectivity index (χ3n) is 5.20. The van der Waals surface area contributed by atoms with E-state index in [9.17, 15) is 5.11 Å². The standard InChI is InChI=1S/C20H31N3O3.HI/c1-2-21-19(23-14-20(7-10-24)8-12-25-15-20)22-9-5-16-3-4-18-17(13-16)6-11-26-18;/h3-4,13,24H,2,5-12,14-15H2,1H3,(H2,21,22,23);1H. The lowest BCUT2D eigenvalue weighted by Crippen LogP contribution is -2.39. The van der Waals surface area contributed by atoms with Crippen LogP contribution in [0.5, 0.6) is 5.75 Å². The average molecular weight is 489 g/mol. The molecule has 0 radical (unpaired) electrons. The summed E-state index contributed by atoms with van der Waals surface area (Å²) in [5, 5.41) is 16.1. The van der Waals surface area contributed by atoms with E-state index in [1.807, 2.05) is 0 Å². The first-order valence-electron chi connectivity index (χ1n) is 9.70. The van der Waals surface area contributed by atoms with Gasteiger partial charge < -0.3 is 25.2 Å². The summed E-state index contributed by atoms with van der Waals surface area (Å²) in [5.74, 6) is 1.87. The van der Waals surface area contributed by atoms with Gasteiger partial charge in [0.15, 0.2) is 5.96 Å². The van der Waals surface area contributed by atoms with Crippen molar-refractivity contribution < 1.29 is 14.6 Å². The van der Waals surface area contributed by atoms with E-state index in [4.69, 9.17) is 14.5 Å². The van der Waals surface area contributed by atoms with Gasteiger partial charge in [0.2, 0.25) is 0 Å². The number of nitrogens with zero attached hydrogens (tertiary/aromatic N) is 1. The van der Waals surface area contributed by atoms with Crippen LogP contribution in [0, 0.1) is 5.41 Å². The van der Waals surface area contributed by atoms with Gasteiger partial charge in [0.25, 0.3) is 0 Å². The van der Waals surface area contributed by atoms with E-state index in [0.29, 0.717) is 13.2 Å². The van der Waals surface area contributed by atoms with Crippen LogP contribution in [0.25, 0.3) is 0 Å². The molecule has 0 saturated carbocycles. The molecule has 1 unspecified atom stereocenters. The predicted octanol–water partition coefficient (Wildman–Crippen LogP) is 2.13. The van der Waals surface area contributed by atoms with Gasteiger partial charge in [-0.25, -0.2) is 0 Å². The normalized spacial score (nSPS) is 21.3. The van der Waals surface area contributed by atoms with Crippen LogP contribution in [0.4, 0.5) is 0 Å². The first-order valence-corrected chi connectivity index (χ1v) is 9.70. The van der Waals surface area contributed by atoms with Crippen LogP contribution in [0.3, 0.4) is 0 Å². The molecule has 1 atom stereocenters. The number of hydrogen-bond donors (Lipinski definition) is 3. The SMILES string of the molecule is CCNC(=NCC1(CCO)CCOC1)NCCc1ccc2c(c1)CCO2.I. The third kappa shape index (κ3) is 6.22. The van der Waals surface area contributed by atoms with Gasteiger partial charge in [-0.3, -0.25) is 4.99 Å². The number of rotatable bonds is 8. The van der Waals surface area contributed by atoms with Crippen LogP contribution in [0.2, 0.25) is 0 Å². The summed E-state index contributed by atoms with van der Waals surface area (Å²) < 4.78 is 11.1.